The van der Waals surface area contributed by atoms with Crippen molar-refractivity contribution in [2.45, 2.75) is 70.5 Å². The number of ketones is 1. The Morgan fingerprint density at radius 2 is 1.58 bits per heavy atom. The summed E-state index contributed by atoms with van der Waals surface area (Å²) in [6.45, 7) is 8.51. The molecular weight excluding hydrogens is 726 g/mol. The third-order valence-corrected chi connectivity index (χ3v) is 11.2. The minimum atomic E-state index is -4.28. The number of rotatable bonds is 10. The predicted octanol–water partition coefficient (Wildman–Crippen LogP) is 5.28. The molecule has 2 heterocycles. The van der Waals surface area contributed by atoms with Gasteiger partial charge in [-0.05, 0) is 79.4 Å². The number of nitrogens with one attached hydrogen (secondary N) is 1. The number of urea groups is 1. The Hall–Kier alpha value is -4.96. The number of carbonyl (C=O) groups excluding carboxylic acids is 5. The van der Waals surface area contributed by atoms with Gasteiger partial charge in [-0.3, -0.25) is 14.4 Å². The van der Waals surface area contributed by atoms with E-state index in [1.165, 1.54) is 66.7 Å². The number of fused-ring (bicyclic) bond motifs is 1. The highest BCUT2D eigenvalue weighted by Gasteiger charge is 2.59. The number of hydrogen-bond donors (Lipinski definition) is 3. The summed E-state index contributed by atoms with van der Waals surface area (Å²) in [6, 6.07) is 9.97. The van der Waals surface area contributed by atoms with E-state index in [0.29, 0.717) is 17.9 Å². The number of quaternary nitrogens is 1. The fourth-order valence-electron chi connectivity index (χ4n) is 6.48. The molecule has 0 aliphatic carbocycles. The molecular formula is C37H41ClN5O9S+. The van der Waals surface area contributed by atoms with Crippen molar-refractivity contribution in [1.29, 1.82) is 0 Å². The van der Waals surface area contributed by atoms with Crippen molar-refractivity contribution in [2.24, 2.45) is 17.6 Å². The van der Waals surface area contributed by atoms with Gasteiger partial charge in [-0.25, -0.2) is 32.6 Å². The predicted molar refractivity (Wildman–Crippen MR) is 194 cm³/mol. The zero-order valence-electron chi connectivity index (χ0n) is 29.8. The monoisotopic (exact) mass is 766 g/mol. The number of hydrogen-bond acceptors (Lipinski definition) is 11. The van der Waals surface area contributed by atoms with Crippen LogP contribution in [-0.2, 0) is 14.8 Å². The number of nitrogens with zero attached hydrogens (tertiary/aromatic N) is 3. The molecule has 5 amide bonds. The molecule has 3 aromatic carbocycles. The first-order valence-electron chi connectivity index (χ1n) is 17.0. The van der Waals surface area contributed by atoms with Gasteiger partial charge in [0, 0.05) is 35.1 Å². The molecule has 1 saturated heterocycles. The number of benzene rings is 3. The average Bonchev–Trinajstić information content (AvgIpc) is 3.72. The van der Waals surface area contributed by atoms with Gasteiger partial charge in [0.2, 0.25) is 5.78 Å². The van der Waals surface area contributed by atoms with Crippen molar-refractivity contribution in [2.75, 3.05) is 6.54 Å². The lowest BCUT2D eigenvalue weighted by molar-refractivity contribution is -0.788. The van der Waals surface area contributed by atoms with Crippen LogP contribution < -0.4 is 10.5 Å². The zero-order chi connectivity index (χ0) is 39.0. The SMILES string of the molecule is CC(C)C(C(=O)c1nc2cc(O)ccc2o1)N(C(=O)c1ccc(C(=O)NS(=O)(=O)c2ccc(Cl)cc2)cc1)C(=O)[N+]1(C(=O)[C@@H](N)C(C)C)CCC[C@H]1C. The number of phenolic OH excluding ortho intramolecular Hbond substituents is 1. The van der Waals surface area contributed by atoms with Crippen LogP contribution in [0.5, 0.6) is 5.75 Å². The molecule has 1 aromatic heterocycles. The maximum atomic E-state index is 15.1. The van der Waals surface area contributed by atoms with Crippen LogP contribution in [0.15, 0.2) is 76.0 Å². The van der Waals surface area contributed by atoms with E-state index in [2.05, 4.69) is 4.98 Å². The molecule has 0 bridgehead atoms. The Morgan fingerprint density at radius 3 is 2.15 bits per heavy atom. The highest BCUT2D eigenvalue weighted by atomic mass is 35.5. The van der Waals surface area contributed by atoms with Crippen molar-refractivity contribution in [1.82, 2.24) is 14.6 Å². The molecule has 53 heavy (non-hydrogen) atoms. The van der Waals surface area contributed by atoms with E-state index < -0.39 is 74.0 Å². The Morgan fingerprint density at radius 1 is 0.962 bits per heavy atom. The largest absolute Gasteiger partial charge is 0.508 e. The van der Waals surface area contributed by atoms with E-state index in [9.17, 15) is 32.7 Å². The summed E-state index contributed by atoms with van der Waals surface area (Å²) in [5, 5.41) is 10.3. The van der Waals surface area contributed by atoms with Crippen LogP contribution >= 0.6 is 11.6 Å². The lowest BCUT2D eigenvalue weighted by atomic mass is 9.96. The summed E-state index contributed by atoms with van der Waals surface area (Å²) >= 11 is 5.85. The van der Waals surface area contributed by atoms with Crippen LogP contribution in [0.25, 0.3) is 11.1 Å². The van der Waals surface area contributed by atoms with Crippen molar-refractivity contribution in [3.05, 3.63) is 88.8 Å². The fraction of sp³-hybridized carbons (Fsp3) is 0.351. The number of sulfonamides is 1. The van der Waals surface area contributed by atoms with Crippen LogP contribution in [0.1, 0.15) is 78.9 Å². The summed E-state index contributed by atoms with van der Waals surface area (Å²) in [5.41, 5.74) is 6.45. The number of likely N-dealkylation sites (tertiary alicyclic amines) is 1. The second-order valence-corrected chi connectivity index (χ2v) is 16.0. The molecule has 4 atom stereocenters. The van der Waals surface area contributed by atoms with Crippen molar-refractivity contribution in [3.63, 3.8) is 0 Å². The Labute approximate surface area is 311 Å². The van der Waals surface area contributed by atoms with E-state index in [4.69, 9.17) is 21.8 Å². The first-order valence-corrected chi connectivity index (χ1v) is 18.9. The highest BCUT2D eigenvalue weighted by Crippen LogP contribution is 2.34. The maximum Gasteiger partial charge on any atom is 0.434 e. The smallest absolute Gasteiger partial charge is 0.434 e. The molecule has 1 fully saturated rings. The van der Waals surface area contributed by atoms with Crippen molar-refractivity contribution < 1.29 is 46.4 Å². The van der Waals surface area contributed by atoms with Crippen molar-refractivity contribution >= 4 is 62.3 Å². The van der Waals surface area contributed by atoms with Crippen LogP contribution in [0.3, 0.4) is 0 Å². The van der Waals surface area contributed by atoms with E-state index in [-0.39, 0.29) is 45.3 Å². The quantitative estimate of drug-likeness (QED) is 0.140. The van der Waals surface area contributed by atoms with E-state index in [0.717, 1.165) is 4.90 Å². The van der Waals surface area contributed by atoms with Gasteiger partial charge < -0.3 is 15.3 Å². The standard InChI is InChI=1S/C37H40ClN5O9S/c1-20(2)30(39)36(48)43(18-6-7-22(43)5)37(49)42(31(21(3)4)32(45)34-40-28-19-26(44)14-17-29(28)52-34)35(47)24-10-8-23(9-11-24)33(46)41-53(50,51)27-15-12-25(38)13-16-27/h8-17,19-22,30-31H,6-7,18,39H2,1-5H3,(H-,41,44,46)/p+1/t22-,30+,31?,43?/m1/s1. The minimum absolute atomic E-state index is 0.0470. The second kappa shape index (κ2) is 15.2. The topological polar surface area (TPSA) is 207 Å². The summed E-state index contributed by atoms with van der Waals surface area (Å²) in [7, 11) is -4.28. The van der Waals surface area contributed by atoms with Gasteiger partial charge >= 0.3 is 11.9 Å². The molecule has 2 unspecified atom stereocenters. The van der Waals surface area contributed by atoms with Crippen molar-refractivity contribution in [3.8, 4) is 5.75 Å². The van der Waals surface area contributed by atoms with E-state index >= 15 is 4.79 Å². The van der Waals surface area contributed by atoms with Gasteiger partial charge in [-0.2, -0.15) is 4.48 Å². The number of nitrogens with two attached hydrogens (primary N) is 1. The lowest BCUT2D eigenvalue weighted by Crippen LogP contribution is -2.70. The summed E-state index contributed by atoms with van der Waals surface area (Å²) in [5.74, 6) is -4.98. The number of oxazole rings is 1. The van der Waals surface area contributed by atoms with Gasteiger partial charge in [0.1, 0.15) is 29.4 Å². The normalized spacial score (nSPS) is 18.5. The third kappa shape index (κ3) is 7.60. The maximum absolute atomic E-state index is 15.1. The first-order chi connectivity index (χ1) is 24.9. The number of Topliss-reactive ketones (excluding diaryl/α,β-unsaturated/α-hetero) is 1. The number of amides is 5. The van der Waals surface area contributed by atoms with Crippen LogP contribution in [0.2, 0.25) is 5.02 Å². The average molecular weight is 767 g/mol. The number of carbonyl (C=O) groups is 5. The second-order valence-electron chi connectivity index (χ2n) is 13.8. The number of halogens is 1. The Balaban J connectivity index is 1.57. The molecule has 1 aliphatic heterocycles. The number of imide groups is 2. The molecule has 4 aromatic rings. The lowest BCUT2D eigenvalue weighted by Gasteiger charge is -2.40. The summed E-state index contributed by atoms with van der Waals surface area (Å²) < 4.78 is 32.5. The third-order valence-electron chi connectivity index (χ3n) is 9.55. The molecule has 280 valence electrons. The van der Waals surface area contributed by atoms with Crippen LogP contribution in [0.4, 0.5) is 4.79 Å². The number of phenols is 1. The van der Waals surface area contributed by atoms with Gasteiger partial charge in [0.25, 0.3) is 27.7 Å². The highest BCUT2D eigenvalue weighted by molar-refractivity contribution is 7.90. The fourth-order valence-corrected chi connectivity index (χ4v) is 7.58. The van der Waals surface area contributed by atoms with E-state index in [1.54, 1.807) is 34.6 Å². The molecule has 0 saturated carbocycles. The van der Waals surface area contributed by atoms with Gasteiger partial charge in [0.05, 0.1) is 11.4 Å². The molecule has 0 spiro atoms. The van der Waals surface area contributed by atoms with E-state index in [1.807, 2.05) is 4.72 Å². The molecule has 5 rings (SSSR count). The Bertz CT molecular complexity index is 2190. The zero-order valence-corrected chi connectivity index (χ0v) is 31.3. The summed E-state index contributed by atoms with van der Waals surface area (Å²) in [4.78, 5) is 76.1. The first kappa shape index (κ1) is 39.3. The molecule has 0 radical (unpaired) electrons. The van der Waals surface area contributed by atoms with Gasteiger partial charge in [0.15, 0.2) is 5.58 Å². The number of aromatic nitrogens is 1. The summed E-state index contributed by atoms with van der Waals surface area (Å²) in [6.07, 6.45) is 0.950. The van der Waals surface area contributed by atoms with Gasteiger partial charge in [-0.1, -0.05) is 39.3 Å². The number of aromatic hydroxyl groups is 1. The van der Waals surface area contributed by atoms with Crippen LogP contribution in [-0.4, -0.2) is 82.1 Å². The molecule has 16 heteroatoms. The Kier molecular flexibility index (Phi) is 11.2. The van der Waals surface area contributed by atoms with Gasteiger partial charge in [-0.15, -0.1) is 0 Å². The van der Waals surface area contributed by atoms with Crippen LogP contribution in [0, 0.1) is 11.8 Å². The molecule has 4 N–H and O–H groups in total. The molecule has 1 aliphatic rings. The molecule has 14 nitrogen and oxygen atoms in total. The minimum Gasteiger partial charge on any atom is -0.508 e.